The Morgan fingerprint density at radius 1 is 1.03 bits per heavy atom. The molecular formula is C29H32N2O4S. The van der Waals surface area contributed by atoms with Crippen LogP contribution in [-0.2, 0) is 17.8 Å². The van der Waals surface area contributed by atoms with E-state index >= 15 is 0 Å². The number of furan rings is 1. The number of carbonyl (C=O) groups is 2. The summed E-state index contributed by atoms with van der Waals surface area (Å²) >= 11 is 1.87. The summed E-state index contributed by atoms with van der Waals surface area (Å²) in [5.74, 6) is 3.63. The molecule has 1 atom stereocenters. The summed E-state index contributed by atoms with van der Waals surface area (Å²) in [5, 5.41) is 0. The molecule has 0 aliphatic carbocycles. The second-order valence-electron chi connectivity index (χ2n) is 9.57. The van der Waals surface area contributed by atoms with Gasteiger partial charge >= 0.3 is 0 Å². The van der Waals surface area contributed by atoms with E-state index in [9.17, 15) is 9.59 Å². The molecule has 6 nitrogen and oxygen atoms in total. The molecular weight excluding hydrogens is 472 g/mol. The number of nitrogens with zero attached hydrogens (tertiary/aromatic N) is 2. The first-order chi connectivity index (χ1) is 17.5. The van der Waals surface area contributed by atoms with Crippen molar-refractivity contribution in [3.8, 4) is 5.75 Å². The van der Waals surface area contributed by atoms with E-state index in [1.54, 1.807) is 12.1 Å². The number of carbonyl (C=O) groups excluding carboxylic acids is 2. The number of ether oxygens (including phenoxy) is 1. The zero-order valence-electron chi connectivity index (χ0n) is 20.8. The molecule has 1 saturated heterocycles. The molecule has 0 bridgehead atoms. The van der Waals surface area contributed by atoms with Gasteiger partial charge in [0.2, 0.25) is 5.91 Å². The number of hydrogen-bond donors (Lipinski definition) is 0. The highest BCUT2D eigenvalue weighted by Gasteiger charge is 2.33. The lowest BCUT2D eigenvalue weighted by Crippen LogP contribution is -2.42. The van der Waals surface area contributed by atoms with Crippen LogP contribution >= 0.6 is 11.8 Å². The predicted molar refractivity (Wildman–Crippen MR) is 141 cm³/mol. The Morgan fingerprint density at radius 3 is 2.56 bits per heavy atom. The average molecular weight is 505 g/mol. The summed E-state index contributed by atoms with van der Waals surface area (Å²) in [6, 6.07) is 19.7. The van der Waals surface area contributed by atoms with Gasteiger partial charge < -0.3 is 19.0 Å². The normalized spacial score (nSPS) is 17.7. The molecule has 3 aromatic rings. The van der Waals surface area contributed by atoms with E-state index in [2.05, 4.69) is 18.2 Å². The number of rotatable bonds is 6. The first kappa shape index (κ1) is 24.5. The van der Waals surface area contributed by atoms with Gasteiger partial charge in [0.1, 0.15) is 18.1 Å². The first-order valence-electron chi connectivity index (χ1n) is 12.6. The molecule has 0 unspecified atom stereocenters. The van der Waals surface area contributed by atoms with Gasteiger partial charge in [0, 0.05) is 37.1 Å². The van der Waals surface area contributed by atoms with Gasteiger partial charge in [-0.25, -0.2) is 0 Å². The van der Waals surface area contributed by atoms with Crippen LogP contribution < -0.4 is 4.74 Å². The zero-order chi connectivity index (χ0) is 25.1. The molecule has 0 N–H and O–H groups in total. The largest absolute Gasteiger partial charge is 0.486 e. The summed E-state index contributed by atoms with van der Waals surface area (Å²) in [5.41, 5.74) is 3.42. The SMILES string of the molecule is CC(C)C(=O)N1CCc2ccc(OCc3ccc(C(=O)N4CCSCC4)o3)cc2[C@@H]1c1ccccc1. The van der Waals surface area contributed by atoms with Crippen LogP contribution in [0, 0.1) is 5.92 Å². The van der Waals surface area contributed by atoms with Gasteiger partial charge in [-0.05, 0) is 47.4 Å². The van der Waals surface area contributed by atoms with Crippen molar-refractivity contribution >= 4 is 23.6 Å². The maximum atomic E-state index is 13.1. The van der Waals surface area contributed by atoms with Crippen LogP contribution in [0.2, 0.25) is 0 Å². The Balaban J connectivity index is 1.34. The van der Waals surface area contributed by atoms with E-state index < -0.39 is 0 Å². The van der Waals surface area contributed by atoms with Crippen LogP contribution in [0.5, 0.6) is 5.75 Å². The molecule has 2 aliphatic heterocycles. The van der Waals surface area contributed by atoms with Gasteiger partial charge in [0.25, 0.3) is 5.91 Å². The van der Waals surface area contributed by atoms with Crippen LogP contribution in [0.3, 0.4) is 0 Å². The Bertz CT molecular complexity index is 1220. The lowest BCUT2D eigenvalue weighted by molar-refractivity contribution is -0.136. The summed E-state index contributed by atoms with van der Waals surface area (Å²) in [6.45, 7) is 6.33. The smallest absolute Gasteiger partial charge is 0.289 e. The molecule has 2 aliphatic rings. The van der Waals surface area contributed by atoms with Crippen molar-refractivity contribution in [2.24, 2.45) is 5.92 Å². The van der Waals surface area contributed by atoms with Crippen molar-refractivity contribution < 1.29 is 18.7 Å². The Hall–Kier alpha value is -3.19. The third-order valence-corrected chi connectivity index (χ3v) is 7.73. The lowest BCUT2D eigenvalue weighted by Gasteiger charge is -2.39. The fourth-order valence-corrected chi connectivity index (χ4v) is 5.80. The third-order valence-electron chi connectivity index (χ3n) is 6.79. The molecule has 188 valence electrons. The van der Waals surface area contributed by atoms with Gasteiger partial charge in [-0.2, -0.15) is 11.8 Å². The van der Waals surface area contributed by atoms with Crippen molar-refractivity contribution in [1.82, 2.24) is 9.80 Å². The van der Waals surface area contributed by atoms with Gasteiger partial charge in [-0.1, -0.05) is 50.2 Å². The van der Waals surface area contributed by atoms with Crippen molar-refractivity contribution in [2.75, 3.05) is 31.1 Å². The molecule has 0 spiro atoms. The van der Waals surface area contributed by atoms with Crippen molar-refractivity contribution in [3.05, 3.63) is 88.9 Å². The molecule has 3 heterocycles. The van der Waals surface area contributed by atoms with Gasteiger partial charge in [0.15, 0.2) is 5.76 Å². The predicted octanol–water partition coefficient (Wildman–Crippen LogP) is 5.18. The molecule has 5 rings (SSSR count). The van der Waals surface area contributed by atoms with E-state index in [-0.39, 0.29) is 30.4 Å². The van der Waals surface area contributed by atoms with Crippen LogP contribution in [0.15, 0.2) is 65.1 Å². The number of thioether (sulfide) groups is 1. The molecule has 2 amide bonds. The Labute approximate surface area is 216 Å². The monoisotopic (exact) mass is 504 g/mol. The van der Waals surface area contributed by atoms with Gasteiger partial charge in [-0.3, -0.25) is 9.59 Å². The lowest BCUT2D eigenvalue weighted by atomic mass is 9.87. The number of amides is 2. The molecule has 36 heavy (non-hydrogen) atoms. The Kier molecular flexibility index (Phi) is 7.37. The van der Waals surface area contributed by atoms with E-state index in [0.29, 0.717) is 23.8 Å². The number of benzene rings is 2. The second-order valence-corrected chi connectivity index (χ2v) is 10.8. The van der Waals surface area contributed by atoms with Crippen LogP contribution in [-0.4, -0.2) is 52.8 Å². The van der Waals surface area contributed by atoms with Gasteiger partial charge in [0.05, 0.1) is 6.04 Å². The molecule has 1 fully saturated rings. The van der Waals surface area contributed by atoms with Crippen LogP contribution in [0.1, 0.15) is 52.9 Å². The summed E-state index contributed by atoms with van der Waals surface area (Å²) in [4.78, 5) is 29.7. The molecule has 0 radical (unpaired) electrons. The highest BCUT2D eigenvalue weighted by Crippen LogP contribution is 2.38. The third kappa shape index (κ3) is 5.16. The van der Waals surface area contributed by atoms with E-state index in [1.807, 2.05) is 65.7 Å². The topological polar surface area (TPSA) is 63.0 Å². The zero-order valence-corrected chi connectivity index (χ0v) is 21.6. The highest BCUT2D eigenvalue weighted by atomic mass is 32.2. The standard InChI is InChI=1S/C29H32N2O4S/c1-20(2)28(32)31-13-12-21-8-9-23(18-25(21)27(31)22-6-4-3-5-7-22)34-19-24-10-11-26(35-24)29(33)30-14-16-36-17-15-30/h3-11,18,20,27H,12-17,19H2,1-2H3/t27-/m0/s1. The van der Waals surface area contributed by atoms with Gasteiger partial charge in [-0.15, -0.1) is 0 Å². The molecule has 7 heteroatoms. The average Bonchev–Trinajstić information content (AvgIpc) is 3.40. The molecule has 0 saturated carbocycles. The first-order valence-corrected chi connectivity index (χ1v) is 13.7. The molecule has 2 aromatic carbocycles. The van der Waals surface area contributed by atoms with Crippen molar-refractivity contribution in [2.45, 2.75) is 32.9 Å². The van der Waals surface area contributed by atoms with Crippen molar-refractivity contribution in [1.29, 1.82) is 0 Å². The maximum absolute atomic E-state index is 13.1. The van der Waals surface area contributed by atoms with Crippen molar-refractivity contribution in [3.63, 3.8) is 0 Å². The quantitative estimate of drug-likeness (QED) is 0.463. The minimum absolute atomic E-state index is 0.0593. The number of fused-ring (bicyclic) bond motifs is 1. The van der Waals surface area contributed by atoms with E-state index in [4.69, 9.17) is 9.15 Å². The van der Waals surface area contributed by atoms with Crippen LogP contribution in [0.25, 0.3) is 0 Å². The summed E-state index contributed by atoms with van der Waals surface area (Å²) < 4.78 is 11.9. The van der Waals surface area contributed by atoms with Crippen LogP contribution in [0.4, 0.5) is 0 Å². The maximum Gasteiger partial charge on any atom is 0.289 e. The minimum atomic E-state index is -0.149. The minimum Gasteiger partial charge on any atom is -0.486 e. The van der Waals surface area contributed by atoms with E-state index in [0.717, 1.165) is 42.1 Å². The second kappa shape index (κ2) is 10.8. The van der Waals surface area contributed by atoms with E-state index in [1.165, 1.54) is 5.56 Å². The fourth-order valence-electron chi connectivity index (χ4n) is 4.89. The Morgan fingerprint density at radius 2 is 1.81 bits per heavy atom. The summed E-state index contributed by atoms with van der Waals surface area (Å²) in [6.07, 6.45) is 0.816. The molecule has 1 aromatic heterocycles. The highest BCUT2D eigenvalue weighted by molar-refractivity contribution is 7.99. The number of hydrogen-bond acceptors (Lipinski definition) is 5. The summed E-state index contributed by atoms with van der Waals surface area (Å²) in [7, 11) is 0. The fraction of sp³-hybridized carbons (Fsp3) is 0.379.